The van der Waals surface area contributed by atoms with Crippen LogP contribution in [0.25, 0.3) is 0 Å². The number of hydrogen-bond acceptors (Lipinski definition) is 1. The third-order valence-corrected chi connectivity index (χ3v) is 2.01. The van der Waals surface area contributed by atoms with Crippen molar-refractivity contribution in [3.8, 4) is 12.3 Å². The molecule has 0 heterocycles. The fourth-order valence-corrected chi connectivity index (χ4v) is 1.28. The lowest BCUT2D eigenvalue weighted by Crippen LogP contribution is -2.28. The van der Waals surface area contributed by atoms with E-state index in [-0.39, 0.29) is 5.82 Å². The van der Waals surface area contributed by atoms with Crippen LogP contribution in [0.1, 0.15) is 12.5 Å². The molecule has 1 unspecified atom stereocenters. The van der Waals surface area contributed by atoms with Crippen LogP contribution in [-0.4, -0.2) is 12.6 Å². The Morgan fingerprint density at radius 3 is 2.64 bits per heavy atom. The van der Waals surface area contributed by atoms with Gasteiger partial charge in [-0.2, -0.15) is 0 Å². The van der Waals surface area contributed by atoms with E-state index in [9.17, 15) is 4.39 Å². The molecule has 0 aliphatic rings. The molecule has 0 amide bonds. The minimum absolute atomic E-state index is 0.196. The first-order chi connectivity index (χ1) is 6.72. The Bertz CT molecular complexity index is 310. The maximum Gasteiger partial charge on any atom is 0.123 e. The minimum Gasteiger partial charge on any atom is -0.303 e. The SMILES string of the molecule is C#CCNC(C)Cc1ccc(F)cc1. The highest BCUT2D eigenvalue weighted by Gasteiger charge is 2.01. The van der Waals surface area contributed by atoms with E-state index < -0.39 is 0 Å². The molecule has 0 spiro atoms. The highest BCUT2D eigenvalue weighted by Crippen LogP contribution is 2.05. The van der Waals surface area contributed by atoms with Gasteiger partial charge in [0.25, 0.3) is 0 Å². The summed E-state index contributed by atoms with van der Waals surface area (Å²) in [5.74, 6) is 2.33. The standard InChI is InChI=1S/C12H14FN/c1-3-8-14-10(2)9-11-4-6-12(13)7-5-11/h1,4-7,10,14H,8-9H2,2H3. The summed E-state index contributed by atoms with van der Waals surface area (Å²) in [4.78, 5) is 0. The minimum atomic E-state index is -0.196. The Morgan fingerprint density at radius 1 is 1.43 bits per heavy atom. The second-order valence-electron chi connectivity index (χ2n) is 3.32. The van der Waals surface area contributed by atoms with Crippen LogP contribution in [0.2, 0.25) is 0 Å². The molecule has 0 aliphatic heterocycles. The van der Waals surface area contributed by atoms with E-state index in [0.29, 0.717) is 12.6 Å². The zero-order valence-electron chi connectivity index (χ0n) is 8.26. The van der Waals surface area contributed by atoms with E-state index in [1.54, 1.807) is 12.1 Å². The van der Waals surface area contributed by atoms with E-state index in [2.05, 4.69) is 18.2 Å². The molecule has 0 aliphatic carbocycles. The molecule has 1 atom stereocenters. The van der Waals surface area contributed by atoms with Gasteiger partial charge in [-0.25, -0.2) is 4.39 Å². The Morgan fingerprint density at radius 2 is 2.07 bits per heavy atom. The van der Waals surface area contributed by atoms with Crippen molar-refractivity contribution >= 4 is 0 Å². The molecule has 0 bridgehead atoms. The van der Waals surface area contributed by atoms with Crippen molar-refractivity contribution in [2.45, 2.75) is 19.4 Å². The van der Waals surface area contributed by atoms with E-state index in [0.717, 1.165) is 12.0 Å². The first-order valence-corrected chi connectivity index (χ1v) is 4.63. The van der Waals surface area contributed by atoms with Crippen LogP contribution in [0.3, 0.4) is 0 Å². The van der Waals surface area contributed by atoms with Gasteiger partial charge < -0.3 is 5.32 Å². The third-order valence-electron chi connectivity index (χ3n) is 2.01. The Kier molecular flexibility index (Phi) is 4.15. The molecule has 0 saturated heterocycles. The molecule has 1 aromatic carbocycles. The van der Waals surface area contributed by atoms with Crippen molar-refractivity contribution < 1.29 is 4.39 Å². The Hall–Kier alpha value is -1.33. The van der Waals surface area contributed by atoms with Gasteiger partial charge in [-0.15, -0.1) is 6.42 Å². The Labute approximate surface area is 84.3 Å². The summed E-state index contributed by atoms with van der Waals surface area (Å²) in [7, 11) is 0. The molecule has 0 radical (unpaired) electrons. The number of hydrogen-bond donors (Lipinski definition) is 1. The molecule has 2 heteroatoms. The van der Waals surface area contributed by atoms with Crippen LogP contribution in [0.4, 0.5) is 4.39 Å². The average Bonchev–Trinajstić information content (AvgIpc) is 2.18. The summed E-state index contributed by atoms with van der Waals surface area (Å²) in [5, 5.41) is 3.17. The first kappa shape index (κ1) is 10.7. The molecule has 1 nitrogen and oxygen atoms in total. The van der Waals surface area contributed by atoms with Crippen LogP contribution in [0, 0.1) is 18.2 Å². The van der Waals surface area contributed by atoms with Crippen LogP contribution in [-0.2, 0) is 6.42 Å². The molecule has 1 aromatic rings. The van der Waals surface area contributed by atoms with E-state index in [4.69, 9.17) is 6.42 Å². The number of rotatable bonds is 4. The van der Waals surface area contributed by atoms with Crippen LogP contribution in [0.5, 0.6) is 0 Å². The largest absolute Gasteiger partial charge is 0.303 e. The van der Waals surface area contributed by atoms with Crippen molar-refractivity contribution in [2.24, 2.45) is 0 Å². The Balaban J connectivity index is 2.44. The maximum absolute atomic E-state index is 12.6. The summed E-state index contributed by atoms with van der Waals surface area (Å²) in [6.45, 7) is 2.63. The predicted octanol–water partition coefficient (Wildman–Crippen LogP) is 1.98. The van der Waals surface area contributed by atoms with Gasteiger partial charge in [-0.1, -0.05) is 18.1 Å². The van der Waals surface area contributed by atoms with Gasteiger partial charge in [0.1, 0.15) is 5.82 Å². The van der Waals surface area contributed by atoms with Gasteiger partial charge in [-0.05, 0) is 31.0 Å². The zero-order chi connectivity index (χ0) is 10.4. The van der Waals surface area contributed by atoms with E-state index >= 15 is 0 Å². The molecule has 1 N–H and O–H groups in total. The second kappa shape index (κ2) is 5.41. The van der Waals surface area contributed by atoms with Gasteiger partial charge in [0, 0.05) is 6.04 Å². The van der Waals surface area contributed by atoms with Gasteiger partial charge in [0.05, 0.1) is 6.54 Å². The van der Waals surface area contributed by atoms with Gasteiger partial charge in [0.2, 0.25) is 0 Å². The van der Waals surface area contributed by atoms with Crippen LogP contribution < -0.4 is 5.32 Å². The third kappa shape index (κ3) is 3.59. The maximum atomic E-state index is 12.6. The van der Waals surface area contributed by atoms with Crippen molar-refractivity contribution in [1.29, 1.82) is 0 Å². The van der Waals surface area contributed by atoms with E-state index in [1.165, 1.54) is 12.1 Å². The quantitative estimate of drug-likeness (QED) is 0.717. The lowest BCUT2D eigenvalue weighted by atomic mass is 10.1. The zero-order valence-corrected chi connectivity index (χ0v) is 8.26. The van der Waals surface area contributed by atoms with Gasteiger partial charge in [-0.3, -0.25) is 0 Å². The monoisotopic (exact) mass is 191 g/mol. The molecule has 0 saturated carbocycles. The molecule has 1 rings (SSSR count). The molecular weight excluding hydrogens is 177 g/mol. The summed E-state index contributed by atoms with van der Waals surface area (Å²) < 4.78 is 12.6. The normalized spacial score (nSPS) is 12.1. The van der Waals surface area contributed by atoms with Crippen LogP contribution >= 0.6 is 0 Å². The first-order valence-electron chi connectivity index (χ1n) is 4.63. The summed E-state index contributed by atoms with van der Waals surface area (Å²) >= 11 is 0. The van der Waals surface area contributed by atoms with Crippen molar-refractivity contribution in [3.63, 3.8) is 0 Å². The number of halogens is 1. The topological polar surface area (TPSA) is 12.0 Å². The molecular formula is C12H14FN. The van der Waals surface area contributed by atoms with Crippen molar-refractivity contribution in [1.82, 2.24) is 5.32 Å². The summed E-state index contributed by atoms with van der Waals surface area (Å²) in [6, 6.07) is 6.86. The van der Waals surface area contributed by atoms with E-state index in [1.807, 2.05) is 0 Å². The van der Waals surface area contributed by atoms with Gasteiger partial charge in [0.15, 0.2) is 0 Å². The van der Waals surface area contributed by atoms with Crippen LogP contribution in [0.15, 0.2) is 24.3 Å². The average molecular weight is 191 g/mol. The molecule has 0 aromatic heterocycles. The fraction of sp³-hybridized carbons (Fsp3) is 0.333. The fourth-order valence-electron chi connectivity index (χ4n) is 1.28. The predicted molar refractivity (Wildman–Crippen MR) is 56.4 cm³/mol. The second-order valence-corrected chi connectivity index (χ2v) is 3.32. The number of terminal acetylenes is 1. The van der Waals surface area contributed by atoms with Crippen molar-refractivity contribution in [3.05, 3.63) is 35.6 Å². The highest BCUT2D eigenvalue weighted by molar-refractivity contribution is 5.17. The lowest BCUT2D eigenvalue weighted by Gasteiger charge is -2.11. The molecule has 0 fully saturated rings. The highest BCUT2D eigenvalue weighted by atomic mass is 19.1. The molecule has 74 valence electrons. The summed E-state index contributed by atoms with van der Waals surface area (Å²) in [6.07, 6.45) is 5.99. The number of benzene rings is 1. The van der Waals surface area contributed by atoms with Crippen molar-refractivity contribution in [2.75, 3.05) is 6.54 Å². The lowest BCUT2D eigenvalue weighted by molar-refractivity contribution is 0.583. The smallest absolute Gasteiger partial charge is 0.123 e. The van der Waals surface area contributed by atoms with Gasteiger partial charge >= 0.3 is 0 Å². The number of nitrogens with one attached hydrogen (secondary N) is 1. The molecule has 14 heavy (non-hydrogen) atoms. The summed E-state index contributed by atoms with van der Waals surface area (Å²) in [5.41, 5.74) is 1.11.